The van der Waals surface area contributed by atoms with Crippen LogP contribution in [-0.2, 0) is 6.54 Å². The molecule has 162 valence electrons. The molecule has 32 heavy (non-hydrogen) atoms. The number of hydrogen-bond donors (Lipinski definition) is 1. The van der Waals surface area contributed by atoms with Crippen LogP contribution in [0.3, 0.4) is 0 Å². The van der Waals surface area contributed by atoms with Gasteiger partial charge >= 0.3 is 0 Å². The van der Waals surface area contributed by atoms with Crippen molar-refractivity contribution in [2.45, 2.75) is 6.54 Å². The number of para-hydroxylation sites is 1. The van der Waals surface area contributed by atoms with Gasteiger partial charge in [0.15, 0.2) is 11.5 Å². The van der Waals surface area contributed by atoms with E-state index in [0.29, 0.717) is 30.1 Å². The van der Waals surface area contributed by atoms with Gasteiger partial charge in [-0.1, -0.05) is 30.3 Å². The fourth-order valence-corrected chi connectivity index (χ4v) is 3.11. The molecule has 2 aromatic heterocycles. The minimum absolute atomic E-state index is 0.0844. The van der Waals surface area contributed by atoms with Gasteiger partial charge in [-0.05, 0) is 43.9 Å². The largest absolute Gasteiger partial charge is 0.351 e. The van der Waals surface area contributed by atoms with Gasteiger partial charge in [-0.15, -0.1) is 5.11 Å². The van der Waals surface area contributed by atoms with Crippen molar-refractivity contribution in [1.82, 2.24) is 30.0 Å². The maximum atomic E-state index is 12.2. The Morgan fingerprint density at radius 1 is 1.06 bits per heavy atom. The highest BCUT2D eigenvalue weighted by Crippen LogP contribution is 2.24. The van der Waals surface area contributed by atoms with Gasteiger partial charge < -0.3 is 10.2 Å². The quantitative estimate of drug-likeness (QED) is 0.434. The van der Waals surface area contributed by atoms with Gasteiger partial charge in [-0.25, -0.2) is 14.6 Å². The lowest BCUT2D eigenvalue weighted by molar-refractivity contribution is 0.0951. The van der Waals surface area contributed by atoms with E-state index in [1.54, 1.807) is 23.0 Å². The first-order chi connectivity index (χ1) is 15.6. The highest BCUT2D eigenvalue weighted by atomic mass is 16.1. The lowest BCUT2D eigenvalue weighted by Crippen LogP contribution is -2.31. The Kier molecular flexibility index (Phi) is 6.57. The van der Waals surface area contributed by atoms with Crippen LogP contribution in [0, 0.1) is 0 Å². The second kappa shape index (κ2) is 9.88. The topological polar surface area (TPSA) is 101 Å². The summed E-state index contributed by atoms with van der Waals surface area (Å²) in [6.07, 6.45) is 3.15. The Bertz CT molecular complexity index is 1220. The smallest absolute Gasteiger partial charge is 0.251 e. The molecule has 0 unspecified atom stereocenters. The second-order valence-corrected chi connectivity index (χ2v) is 7.48. The van der Waals surface area contributed by atoms with Crippen LogP contribution in [0.1, 0.15) is 15.9 Å². The standard InChI is InChI=1S/C23H24N8O/c1-30(2)13-12-24-23(32)18-10-8-17(9-11-18)14-27-29-21-20-15-28-31(22(20)26-16-25-21)19-6-4-3-5-7-19/h3-11,15-16H,12-14H2,1-2H3,(H,24,32). The lowest BCUT2D eigenvalue weighted by Gasteiger charge is -2.10. The Morgan fingerprint density at radius 2 is 1.84 bits per heavy atom. The van der Waals surface area contributed by atoms with E-state index in [4.69, 9.17) is 0 Å². The molecule has 4 rings (SSSR count). The molecule has 1 amide bonds. The molecule has 0 saturated heterocycles. The van der Waals surface area contributed by atoms with Gasteiger partial charge in [-0.2, -0.15) is 10.2 Å². The van der Waals surface area contributed by atoms with Crippen molar-refractivity contribution in [3.05, 3.63) is 78.2 Å². The van der Waals surface area contributed by atoms with Crippen LogP contribution in [-0.4, -0.2) is 57.7 Å². The first-order valence-electron chi connectivity index (χ1n) is 10.3. The number of likely N-dealkylation sites (N-methyl/N-ethyl adjacent to an activating group) is 1. The van der Waals surface area contributed by atoms with Gasteiger partial charge in [-0.3, -0.25) is 4.79 Å². The summed E-state index contributed by atoms with van der Waals surface area (Å²) >= 11 is 0. The fraction of sp³-hybridized carbons (Fsp3) is 0.217. The van der Waals surface area contributed by atoms with Gasteiger partial charge in [0, 0.05) is 18.7 Å². The van der Waals surface area contributed by atoms with Gasteiger partial charge in [0.25, 0.3) is 5.91 Å². The molecule has 0 spiro atoms. The number of amides is 1. The van der Waals surface area contributed by atoms with Crippen LogP contribution in [0.5, 0.6) is 0 Å². The van der Waals surface area contributed by atoms with Crippen LogP contribution < -0.4 is 5.32 Å². The number of nitrogens with zero attached hydrogens (tertiary/aromatic N) is 7. The van der Waals surface area contributed by atoms with E-state index >= 15 is 0 Å². The molecule has 4 aromatic rings. The van der Waals surface area contributed by atoms with Crippen LogP contribution in [0.25, 0.3) is 16.7 Å². The van der Waals surface area contributed by atoms with E-state index < -0.39 is 0 Å². The maximum absolute atomic E-state index is 12.2. The van der Waals surface area contributed by atoms with Crippen molar-refractivity contribution in [2.24, 2.45) is 10.2 Å². The normalized spacial score (nSPS) is 11.5. The predicted octanol–water partition coefficient (Wildman–Crippen LogP) is 3.39. The molecule has 0 aliphatic heterocycles. The molecule has 0 saturated carbocycles. The molecule has 0 radical (unpaired) electrons. The SMILES string of the molecule is CN(C)CCNC(=O)c1ccc(CN=Nc2ncnc3c2cnn3-c2ccccc2)cc1. The first kappa shape index (κ1) is 21.3. The predicted molar refractivity (Wildman–Crippen MR) is 122 cm³/mol. The molecule has 2 aromatic carbocycles. The average molecular weight is 429 g/mol. The van der Waals surface area contributed by atoms with Crippen molar-refractivity contribution in [2.75, 3.05) is 27.2 Å². The molecule has 0 aliphatic carbocycles. The Labute approximate surface area is 185 Å². The lowest BCUT2D eigenvalue weighted by atomic mass is 10.1. The van der Waals surface area contributed by atoms with Gasteiger partial charge in [0.2, 0.25) is 0 Å². The summed E-state index contributed by atoms with van der Waals surface area (Å²) in [5, 5.41) is 16.6. The highest BCUT2D eigenvalue weighted by molar-refractivity contribution is 5.94. The van der Waals surface area contributed by atoms with Crippen LogP contribution in [0.2, 0.25) is 0 Å². The zero-order chi connectivity index (χ0) is 22.3. The third-order valence-electron chi connectivity index (χ3n) is 4.82. The van der Waals surface area contributed by atoms with Gasteiger partial charge in [0.1, 0.15) is 6.33 Å². The molecule has 9 nitrogen and oxygen atoms in total. The number of benzene rings is 2. The highest BCUT2D eigenvalue weighted by Gasteiger charge is 2.10. The summed E-state index contributed by atoms with van der Waals surface area (Å²) in [5.41, 5.74) is 3.15. The van der Waals surface area contributed by atoms with E-state index in [1.165, 1.54) is 6.33 Å². The van der Waals surface area contributed by atoms with Crippen molar-refractivity contribution in [3.8, 4) is 5.69 Å². The zero-order valence-corrected chi connectivity index (χ0v) is 18.0. The number of aromatic nitrogens is 4. The summed E-state index contributed by atoms with van der Waals surface area (Å²) in [4.78, 5) is 22.8. The van der Waals surface area contributed by atoms with Crippen molar-refractivity contribution >= 4 is 22.8 Å². The third kappa shape index (κ3) is 5.01. The number of nitrogens with one attached hydrogen (secondary N) is 1. The third-order valence-corrected chi connectivity index (χ3v) is 4.82. The Morgan fingerprint density at radius 3 is 2.59 bits per heavy atom. The summed E-state index contributed by atoms with van der Waals surface area (Å²) < 4.78 is 1.75. The van der Waals surface area contributed by atoms with E-state index in [9.17, 15) is 4.79 Å². The van der Waals surface area contributed by atoms with Crippen molar-refractivity contribution in [1.29, 1.82) is 0 Å². The van der Waals surface area contributed by atoms with E-state index in [-0.39, 0.29) is 5.91 Å². The number of carbonyl (C=O) groups excluding carboxylic acids is 1. The molecule has 2 heterocycles. The summed E-state index contributed by atoms with van der Waals surface area (Å²) in [6, 6.07) is 17.1. The average Bonchev–Trinajstić information content (AvgIpc) is 3.25. The minimum atomic E-state index is -0.0844. The van der Waals surface area contributed by atoms with Gasteiger partial charge in [0.05, 0.1) is 23.8 Å². The van der Waals surface area contributed by atoms with E-state index in [0.717, 1.165) is 23.2 Å². The Hall–Kier alpha value is -3.98. The fourth-order valence-electron chi connectivity index (χ4n) is 3.11. The molecular formula is C23H24N8O. The van der Waals surface area contributed by atoms with E-state index in [2.05, 4.69) is 30.6 Å². The van der Waals surface area contributed by atoms with Crippen molar-refractivity contribution in [3.63, 3.8) is 0 Å². The number of rotatable bonds is 8. The summed E-state index contributed by atoms with van der Waals surface area (Å²) in [7, 11) is 3.94. The summed E-state index contributed by atoms with van der Waals surface area (Å²) in [6.45, 7) is 1.78. The van der Waals surface area contributed by atoms with Crippen LogP contribution in [0.4, 0.5) is 5.82 Å². The molecule has 0 bridgehead atoms. The number of carbonyl (C=O) groups is 1. The first-order valence-corrected chi connectivity index (χ1v) is 10.3. The van der Waals surface area contributed by atoms with E-state index in [1.807, 2.05) is 61.5 Å². The monoisotopic (exact) mass is 428 g/mol. The van der Waals surface area contributed by atoms with Crippen LogP contribution in [0.15, 0.2) is 77.3 Å². The molecule has 9 heteroatoms. The zero-order valence-electron chi connectivity index (χ0n) is 18.0. The van der Waals surface area contributed by atoms with Crippen LogP contribution >= 0.6 is 0 Å². The molecule has 1 N–H and O–H groups in total. The maximum Gasteiger partial charge on any atom is 0.251 e. The number of azo groups is 1. The molecular weight excluding hydrogens is 404 g/mol. The molecule has 0 atom stereocenters. The Balaban J connectivity index is 1.42. The molecule has 0 fully saturated rings. The number of hydrogen-bond acceptors (Lipinski definition) is 7. The second-order valence-electron chi connectivity index (χ2n) is 7.48. The summed E-state index contributed by atoms with van der Waals surface area (Å²) in [5.74, 6) is 0.382. The number of fused-ring (bicyclic) bond motifs is 1. The molecule has 0 aliphatic rings. The van der Waals surface area contributed by atoms with Crippen molar-refractivity contribution < 1.29 is 4.79 Å². The minimum Gasteiger partial charge on any atom is -0.351 e.